The number of alkyl halides is 3. The van der Waals surface area contributed by atoms with E-state index in [2.05, 4.69) is 16.2 Å². The van der Waals surface area contributed by atoms with Gasteiger partial charge in [-0.3, -0.25) is 9.59 Å². The Bertz CT molecular complexity index is 176. The van der Waals surface area contributed by atoms with E-state index in [4.69, 9.17) is 0 Å². The Morgan fingerprint density at radius 3 is 2.09 bits per heavy atom. The van der Waals surface area contributed by atoms with Gasteiger partial charge < -0.3 is 4.29 Å². The molecule has 7 heteroatoms. The van der Waals surface area contributed by atoms with Gasteiger partial charge >= 0.3 is 12.1 Å². The van der Waals surface area contributed by atoms with Crippen LogP contribution in [0.2, 0.25) is 0 Å². The van der Waals surface area contributed by atoms with Gasteiger partial charge in [-0.25, -0.2) is 0 Å². The predicted octanol–water partition coefficient (Wildman–Crippen LogP) is 1.20. The van der Waals surface area contributed by atoms with Crippen molar-refractivity contribution in [2.45, 2.75) is 12.6 Å². The van der Waals surface area contributed by atoms with E-state index < -0.39 is 24.3 Å². The van der Waals surface area contributed by atoms with Crippen LogP contribution >= 0.6 is 11.9 Å². The highest BCUT2D eigenvalue weighted by Gasteiger charge is 2.39. The summed E-state index contributed by atoms with van der Waals surface area (Å²) in [4.78, 5) is 19.9. The highest BCUT2D eigenvalue weighted by atomic mass is 35.5. The average molecular weight is 191 g/mol. The minimum absolute atomic E-state index is 1.38. The maximum Gasteiger partial charge on any atom is 0.450 e. The van der Waals surface area contributed by atoms with Gasteiger partial charge in [-0.2, -0.15) is 13.2 Å². The van der Waals surface area contributed by atoms with Crippen LogP contribution in [-0.2, 0) is 13.9 Å². The van der Waals surface area contributed by atoms with Crippen LogP contribution in [0.3, 0.4) is 0 Å². The fraction of sp³-hybridized carbons (Fsp3) is 0.500. The van der Waals surface area contributed by atoms with Crippen molar-refractivity contribution in [2.24, 2.45) is 0 Å². The molecule has 0 heterocycles. The van der Waals surface area contributed by atoms with Gasteiger partial charge in [0.2, 0.25) is 5.78 Å². The van der Waals surface area contributed by atoms with Gasteiger partial charge in [0.15, 0.2) is 0 Å². The van der Waals surface area contributed by atoms with Crippen molar-refractivity contribution >= 4 is 23.6 Å². The van der Waals surface area contributed by atoms with E-state index in [1.165, 1.54) is 0 Å². The quantitative estimate of drug-likeness (QED) is 0.615. The smallest absolute Gasteiger partial charge is 0.347 e. The number of halogens is 4. The molecule has 0 fully saturated rings. The van der Waals surface area contributed by atoms with E-state index in [0.29, 0.717) is 0 Å². The summed E-state index contributed by atoms with van der Waals surface area (Å²) in [7, 11) is 0. The molecule has 0 atom stereocenters. The van der Waals surface area contributed by atoms with Crippen molar-refractivity contribution in [2.75, 3.05) is 0 Å². The second-order valence-electron chi connectivity index (χ2n) is 1.55. The molecule has 64 valence electrons. The molecule has 0 N–H and O–H groups in total. The van der Waals surface area contributed by atoms with E-state index in [9.17, 15) is 22.8 Å². The van der Waals surface area contributed by atoms with Gasteiger partial charge in [-0.15, -0.1) is 0 Å². The minimum atomic E-state index is -5.01. The third kappa shape index (κ3) is 3.82. The molecule has 0 aromatic rings. The lowest BCUT2D eigenvalue weighted by atomic mass is 10.3. The number of rotatable bonds is 2. The van der Waals surface area contributed by atoms with E-state index in [1.54, 1.807) is 0 Å². The zero-order chi connectivity index (χ0) is 9.07. The van der Waals surface area contributed by atoms with E-state index in [0.717, 1.165) is 0 Å². The molecule has 0 radical (unpaired) electrons. The monoisotopic (exact) mass is 190 g/mol. The first kappa shape index (κ1) is 10.2. The first-order chi connectivity index (χ1) is 4.88. The summed E-state index contributed by atoms with van der Waals surface area (Å²) in [5, 5.41) is 0. The summed E-state index contributed by atoms with van der Waals surface area (Å²) >= 11 is 4.38. The Hall–Kier alpha value is -0.780. The third-order valence-electron chi connectivity index (χ3n) is 0.707. The second kappa shape index (κ2) is 3.56. The number of carbonyl (C=O) groups excluding carboxylic acids is 2. The minimum Gasteiger partial charge on any atom is -0.347 e. The van der Waals surface area contributed by atoms with Crippen molar-refractivity contribution in [1.29, 1.82) is 0 Å². The normalized spacial score (nSPS) is 10.9. The maximum absolute atomic E-state index is 11.3. The molecule has 0 bridgehead atoms. The second-order valence-corrected chi connectivity index (χ2v) is 1.70. The van der Waals surface area contributed by atoms with E-state index >= 15 is 0 Å². The highest BCUT2D eigenvalue weighted by Crippen LogP contribution is 2.17. The molecule has 0 unspecified atom stereocenters. The predicted molar refractivity (Wildman–Crippen MR) is 27.6 cm³/mol. The van der Waals surface area contributed by atoms with Crippen LogP contribution in [0.25, 0.3) is 0 Å². The number of carbonyl (C=O) groups is 2. The van der Waals surface area contributed by atoms with Gasteiger partial charge in [0.05, 0.1) is 0 Å². The molecule has 0 spiro atoms. The molecule has 3 nitrogen and oxygen atoms in total. The van der Waals surface area contributed by atoms with E-state index in [-0.39, 0.29) is 0 Å². The summed E-state index contributed by atoms with van der Waals surface area (Å²) in [6, 6.07) is 0. The first-order valence-corrected chi connectivity index (χ1v) is 2.60. The fourth-order valence-electron chi connectivity index (χ4n) is 0.259. The summed E-state index contributed by atoms with van der Waals surface area (Å²) in [6.45, 7) is 0. The van der Waals surface area contributed by atoms with Crippen LogP contribution < -0.4 is 0 Å². The topological polar surface area (TPSA) is 43.4 Å². The molecule has 0 saturated carbocycles. The van der Waals surface area contributed by atoms with Crippen LogP contribution in [0.15, 0.2) is 0 Å². The number of hydrogen-bond donors (Lipinski definition) is 0. The van der Waals surface area contributed by atoms with Crippen molar-refractivity contribution < 1.29 is 27.0 Å². The van der Waals surface area contributed by atoms with Crippen LogP contribution in [-0.4, -0.2) is 17.9 Å². The van der Waals surface area contributed by atoms with Gasteiger partial charge in [-0.05, 0) is 0 Å². The largest absolute Gasteiger partial charge is 0.450 e. The van der Waals surface area contributed by atoms with Gasteiger partial charge in [0, 0.05) is 0 Å². The molecule has 0 saturated heterocycles. The molecule has 11 heavy (non-hydrogen) atoms. The van der Waals surface area contributed by atoms with Gasteiger partial charge in [0.25, 0.3) is 0 Å². The SMILES string of the molecule is O=C(CC(=O)C(F)(F)F)OCl. The Kier molecular flexibility index (Phi) is 3.31. The summed E-state index contributed by atoms with van der Waals surface area (Å²) in [5.74, 6) is -3.60. The number of hydrogen-bond acceptors (Lipinski definition) is 3. The molecule has 0 amide bonds. The molecule has 0 aromatic heterocycles. The molecule has 0 aliphatic carbocycles. The molecular weight excluding hydrogens is 188 g/mol. The lowest BCUT2D eigenvalue weighted by Crippen LogP contribution is -2.25. The number of ketones is 1. The van der Waals surface area contributed by atoms with Crippen molar-refractivity contribution in [3.05, 3.63) is 0 Å². The molecule has 0 aromatic carbocycles. The Morgan fingerprint density at radius 1 is 1.36 bits per heavy atom. The highest BCUT2D eigenvalue weighted by molar-refractivity contribution is 6.15. The fourth-order valence-corrected chi connectivity index (χ4v) is 0.313. The average Bonchev–Trinajstić information content (AvgIpc) is 1.85. The van der Waals surface area contributed by atoms with Crippen LogP contribution in [0.5, 0.6) is 0 Å². The third-order valence-corrected chi connectivity index (χ3v) is 0.879. The lowest BCUT2D eigenvalue weighted by Gasteiger charge is -2.01. The van der Waals surface area contributed by atoms with E-state index in [1.807, 2.05) is 0 Å². The molecular formula is C4H2ClF3O3. The van der Waals surface area contributed by atoms with Crippen molar-refractivity contribution in [3.8, 4) is 0 Å². The first-order valence-electron chi connectivity index (χ1n) is 2.29. The Labute approximate surface area is 64.2 Å². The lowest BCUT2D eigenvalue weighted by molar-refractivity contribution is -0.173. The standard InChI is InChI=1S/C4H2ClF3O3/c5-11-3(10)1-2(9)4(6,7)8/h1H2. The zero-order valence-corrected chi connectivity index (χ0v) is 5.70. The molecule has 0 aliphatic heterocycles. The van der Waals surface area contributed by atoms with Gasteiger partial charge in [0.1, 0.15) is 18.3 Å². The summed E-state index contributed by atoms with van der Waals surface area (Å²) in [6.07, 6.45) is -6.39. The zero-order valence-electron chi connectivity index (χ0n) is 4.94. The van der Waals surface area contributed by atoms with Crippen LogP contribution in [0.1, 0.15) is 6.42 Å². The Morgan fingerprint density at radius 2 is 1.82 bits per heavy atom. The summed E-state index contributed by atoms with van der Waals surface area (Å²) in [5.41, 5.74) is 0. The van der Waals surface area contributed by atoms with Crippen molar-refractivity contribution in [3.63, 3.8) is 0 Å². The van der Waals surface area contributed by atoms with Crippen molar-refractivity contribution in [1.82, 2.24) is 0 Å². The van der Waals surface area contributed by atoms with Crippen LogP contribution in [0, 0.1) is 0 Å². The molecule has 0 aliphatic rings. The number of Topliss-reactive ketones (excluding diaryl/α,β-unsaturated/α-hetero) is 1. The summed E-state index contributed by atoms with van der Waals surface area (Å²) < 4.78 is 37.4. The maximum atomic E-state index is 11.3. The molecule has 0 rings (SSSR count). The Balaban J connectivity index is 3.99. The van der Waals surface area contributed by atoms with Crippen LogP contribution in [0.4, 0.5) is 13.2 Å². The van der Waals surface area contributed by atoms with Gasteiger partial charge in [-0.1, -0.05) is 0 Å².